The molecule has 0 atom stereocenters. The van der Waals surface area contributed by atoms with Gasteiger partial charge in [-0.1, -0.05) is 71.1 Å². The van der Waals surface area contributed by atoms with Gasteiger partial charge in [-0.25, -0.2) is 0 Å². The fourth-order valence-corrected chi connectivity index (χ4v) is 5.09. The number of hydrogen-bond acceptors (Lipinski definition) is 4. The molecule has 5 heteroatoms. The summed E-state index contributed by atoms with van der Waals surface area (Å²) in [5.41, 5.74) is 0.736. The van der Waals surface area contributed by atoms with Crippen LogP contribution < -0.4 is 14.8 Å². The van der Waals surface area contributed by atoms with Gasteiger partial charge in [0.1, 0.15) is 11.4 Å². The molecule has 5 nitrogen and oxygen atoms in total. The molecule has 1 aliphatic carbocycles. The van der Waals surface area contributed by atoms with Crippen molar-refractivity contribution in [1.82, 2.24) is 0 Å². The highest BCUT2D eigenvalue weighted by molar-refractivity contribution is 6.05. The Bertz CT molecular complexity index is 752. The highest BCUT2D eigenvalue weighted by Gasteiger charge is 2.41. The molecule has 1 N–H and O–H groups in total. The SMILES string of the molecule is CCCCCCCCCCC1(C(=O)Nc2c(OC)ccc3c2OCCC3=O)CCCC1. The van der Waals surface area contributed by atoms with Crippen LogP contribution in [0.5, 0.6) is 11.5 Å². The van der Waals surface area contributed by atoms with Crippen LogP contribution in [0.15, 0.2) is 12.1 Å². The first-order valence-electron chi connectivity index (χ1n) is 12.3. The second-order valence-electron chi connectivity index (χ2n) is 9.21. The molecule has 0 bridgehead atoms. The molecule has 1 fully saturated rings. The van der Waals surface area contributed by atoms with E-state index in [1.807, 2.05) is 0 Å². The fourth-order valence-electron chi connectivity index (χ4n) is 5.09. The number of Topliss-reactive ketones (excluding diaryl/α,β-unsaturated/α-hetero) is 1. The molecule has 0 saturated heterocycles. The van der Waals surface area contributed by atoms with Gasteiger partial charge in [-0.15, -0.1) is 0 Å². The Hall–Kier alpha value is -2.04. The summed E-state index contributed by atoms with van der Waals surface area (Å²) in [5.74, 6) is 1.11. The van der Waals surface area contributed by atoms with Gasteiger partial charge in [0.05, 0.1) is 19.3 Å². The van der Waals surface area contributed by atoms with Crippen LogP contribution in [0, 0.1) is 5.41 Å². The van der Waals surface area contributed by atoms with E-state index in [9.17, 15) is 9.59 Å². The first-order valence-corrected chi connectivity index (χ1v) is 12.3. The van der Waals surface area contributed by atoms with Gasteiger partial charge in [0, 0.05) is 11.8 Å². The predicted molar refractivity (Wildman–Crippen MR) is 124 cm³/mol. The number of unbranched alkanes of at least 4 members (excludes halogenated alkanes) is 7. The fraction of sp³-hybridized carbons (Fsp3) is 0.692. The molecule has 1 aromatic rings. The molecule has 2 aliphatic rings. The van der Waals surface area contributed by atoms with E-state index in [0.717, 1.165) is 38.5 Å². The summed E-state index contributed by atoms with van der Waals surface area (Å²) in [5, 5.41) is 3.13. The topological polar surface area (TPSA) is 64.6 Å². The van der Waals surface area contributed by atoms with Crippen molar-refractivity contribution < 1.29 is 19.1 Å². The van der Waals surface area contributed by atoms with E-state index >= 15 is 0 Å². The summed E-state index contributed by atoms with van der Waals surface area (Å²) in [4.78, 5) is 25.8. The van der Waals surface area contributed by atoms with Gasteiger partial charge in [0.2, 0.25) is 5.91 Å². The van der Waals surface area contributed by atoms with Crippen LogP contribution in [0.1, 0.15) is 107 Å². The van der Waals surface area contributed by atoms with E-state index in [0.29, 0.717) is 35.8 Å². The molecule has 1 aliphatic heterocycles. The highest BCUT2D eigenvalue weighted by Crippen LogP contribution is 2.46. The third-order valence-corrected chi connectivity index (χ3v) is 7.01. The summed E-state index contributed by atoms with van der Waals surface area (Å²) in [6, 6.07) is 3.48. The first kappa shape index (κ1) is 23.6. The number of ether oxygens (including phenoxy) is 2. The molecule has 1 heterocycles. The van der Waals surface area contributed by atoms with Crippen molar-refractivity contribution in [1.29, 1.82) is 0 Å². The number of hydrogen-bond donors (Lipinski definition) is 1. The van der Waals surface area contributed by atoms with Crippen molar-refractivity contribution in [3.8, 4) is 11.5 Å². The van der Waals surface area contributed by atoms with Crippen LogP contribution >= 0.6 is 0 Å². The molecule has 172 valence electrons. The average Bonchev–Trinajstić information content (AvgIpc) is 3.26. The third-order valence-electron chi connectivity index (χ3n) is 7.01. The first-order chi connectivity index (χ1) is 15.1. The summed E-state index contributed by atoms with van der Waals surface area (Å²) in [7, 11) is 1.58. The van der Waals surface area contributed by atoms with E-state index in [4.69, 9.17) is 9.47 Å². The van der Waals surface area contributed by atoms with Crippen LogP contribution in [0.3, 0.4) is 0 Å². The largest absolute Gasteiger partial charge is 0.494 e. The Morgan fingerprint density at radius 1 is 1.06 bits per heavy atom. The Labute approximate surface area is 187 Å². The highest BCUT2D eigenvalue weighted by atomic mass is 16.5. The quantitative estimate of drug-likeness (QED) is 0.376. The lowest BCUT2D eigenvalue weighted by molar-refractivity contribution is -0.125. The number of carbonyl (C=O) groups is 2. The van der Waals surface area contributed by atoms with Crippen molar-refractivity contribution in [3.63, 3.8) is 0 Å². The molecule has 0 unspecified atom stereocenters. The van der Waals surface area contributed by atoms with Crippen LogP contribution in [0.2, 0.25) is 0 Å². The van der Waals surface area contributed by atoms with Crippen LogP contribution in [-0.4, -0.2) is 25.4 Å². The molecule has 31 heavy (non-hydrogen) atoms. The number of anilines is 1. The minimum absolute atomic E-state index is 0.0499. The van der Waals surface area contributed by atoms with Crippen LogP contribution in [0.4, 0.5) is 5.69 Å². The minimum Gasteiger partial charge on any atom is -0.494 e. The Morgan fingerprint density at radius 3 is 2.42 bits per heavy atom. The van der Waals surface area contributed by atoms with E-state index in [1.54, 1.807) is 19.2 Å². The Morgan fingerprint density at radius 2 is 1.74 bits per heavy atom. The zero-order chi connectivity index (χ0) is 22.1. The van der Waals surface area contributed by atoms with Crippen LogP contribution in [0.25, 0.3) is 0 Å². The van der Waals surface area contributed by atoms with Gasteiger partial charge >= 0.3 is 0 Å². The van der Waals surface area contributed by atoms with Crippen molar-refractivity contribution >= 4 is 17.4 Å². The standard InChI is InChI=1S/C26H39NO4/c1-3-4-5-6-7-8-9-10-16-26(17-11-12-18-26)25(29)27-23-22(30-2)14-13-20-21(28)15-19-31-24(20)23/h13-14H,3-12,15-19H2,1-2H3,(H,27,29). The average molecular weight is 430 g/mol. The van der Waals surface area contributed by atoms with Crippen molar-refractivity contribution in [2.75, 3.05) is 19.0 Å². The van der Waals surface area contributed by atoms with E-state index in [2.05, 4.69) is 12.2 Å². The van der Waals surface area contributed by atoms with Crippen molar-refractivity contribution in [3.05, 3.63) is 17.7 Å². The van der Waals surface area contributed by atoms with Gasteiger partial charge in [-0.2, -0.15) is 0 Å². The minimum atomic E-state index is -0.311. The van der Waals surface area contributed by atoms with Gasteiger partial charge in [-0.3, -0.25) is 9.59 Å². The lowest BCUT2D eigenvalue weighted by Crippen LogP contribution is -2.34. The zero-order valence-electron chi connectivity index (χ0n) is 19.4. The van der Waals surface area contributed by atoms with Crippen LogP contribution in [-0.2, 0) is 4.79 Å². The number of amides is 1. The molecule has 1 aromatic carbocycles. The second kappa shape index (κ2) is 11.5. The maximum atomic E-state index is 13.5. The van der Waals surface area contributed by atoms with E-state index in [-0.39, 0.29) is 17.1 Å². The molecule has 3 rings (SSSR count). The number of carbonyl (C=O) groups excluding carboxylic acids is 2. The lowest BCUT2D eigenvalue weighted by atomic mass is 9.79. The molecule has 0 spiro atoms. The molecule has 1 saturated carbocycles. The monoisotopic (exact) mass is 429 g/mol. The molecular weight excluding hydrogens is 390 g/mol. The number of methoxy groups -OCH3 is 1. The summed E-state index contributed by atoms with van der Waals surface area (Å²) in [6.07, 6.45) is 15.5. The lowest BCUT2D eigenvalue weighted by Gasteiger charge is -2.29. The Kier molecular flexibility index (Phi) is 8.79. The summed E-state index contributed by atoms with van der Waals surface area (Å²) >= 11 is 0. The molecule has 0 radical (unpaired) electrons. The predicted octanol–water partition coefficient (Wildman–Crippen LogP) is 6.69. The normalized spacial score (nSPS) is 17.2. The number of ketones is 1. The van der Waals surface area contributed by atoms with Crippen molar-refractivity contribution in [2.24, 2.45) is 5.41 Å². The number of nitrogens with one attached hydrogen (secondary N) is 1. The van der Waals surface area contributed by atoms with Gasteiger partial charge in [0.25, 0.3) is 0 Å². The number of fused-ring (bicyclic) bond motifs is 1. The third kappa shape index (κ3) is 5.81. The number of rotatable bonds is 12. The maximum Gasteiger partial charge on any atom is 0.230 e. The smallest absolute Gasteiger partial charge is 0.230 e. The molecule has 0 aromatic heterocycles. The van der Waals surface area contributed by atoms with Gasteiger partial charge < -0.3 is 14.8 Å². The summed E-state index contributed by atoms with van der Waals surface area (Å²) < 4.78 is 11.3. The Balaban J connectivity index is 1.63. The summed E-state index contributed by atoms with van der Waals surface area (Å²) in [6.45, 7) is 2.59. The van der Waals surface area contributed by atoms with Crippen molar-refractivity contribution in [2.45, 2.75) is 96.8 Å². The molecular formula is C26H39NO4. The maximum absolute atomic E-state index is 13.5. The molecule has 1 amide bonds. The van der Waals surface area contributed by atoms with Gasteiger partial charge in [-0.05, 0) is 31.4 Å². The van der Waals surface area contributed by atoms with E-state index in [1.165, 1.54) is 44.9 Å². The van der Waals surface area contributed by atoms with E-state index < -0.39 is 0 Å². The second-order valence-corrected chi connectivity index (χ2v) is 9.21. The zero-order valence-corrected chi connectivity index (χ0v) is 19.4. The van der Waals surface area contributed by atoms with Gasteiger partial charge in [0.15, 0.2) is 11.5 Å². The number of benzene rings is 1.